The molecule has 0 saturated carbocycles. The van der Waals surface area contributed by atoms with Crippen LogP contribution in [0.25, 0.3) is 0 Å². The van der Waals surface area contributed by atoms with E-state index >= 15 is 0 Å². The number of aliphatic imine (C=N–C) groups is 1. The van der Waals surface area contributed by atoms with Crippen LogP contribution in [0.5, 0.6) is 5.75 Å². The minimum atomic E-state index is -4.57. The number of nitrogens with two attached hydrogens (primary N) is 1. The van der Waals surface area contributed by atoms with Crippen molar-refractivity contribution in [2.45, 2.75) is 23.9 Å². The van der Waals surface area contributed by atoms with Gasteiger partial charge in [0.2, 0.25) is 5.90 Å². The molecule has 3 atom stereocenters. The summed E-state index contributed by atoms with van der Waals surface area (Å²) >= 11 is 6.13. The van der Waals surface area contributed by atoms with E-state index in [0.29, 0.717) is 6.07 Å². The maximum Gasteiger partial charge on any atom is 0.416 e. The highest BCUT2D eigenvalue weighted by atomic mass is 35.5. The molecule has 1 aliphatic rings. The topological polar surface area (TPSA) is 117 Å². The smallest absolute Gasteiger partial charge is 0.416 e. The Balaban J connectivity index is 1.94. The summed E-state index contributed by atoms with van der Waals surface area (Å²) in [5.74, 6) is -5.25. The molecule has 2 aromatic rings. The van der Waals surface area contributed by atoms with Gasteiger partial charge in [0.05, 0.1) is 11.8 Å². The molecule has 190 valence electrons. The molecule has 0 aliphatic carbocycles. The standard InChI is InChI=1S/C20H16ClF5N2O6S/c1-35(30,31)32-8-13(33-12-7-6-11(22)14(15(12)23)18(27)29)19-28-16(17(21)34-19)9-2-4-10(5-3-9)20(24,25)26/h2-7,13,16-17H,8H2,1H3,(H2,27,29). The molecular formula is C20H16ClF5N2O6S. The largest absolute Gasteiger partial charge is 0.475 e. The molecule has 15 heteroatoms. The first-order valence-corrected chi connectivity index (χ1v) is 11.8. The van der Waals surface area contributed by atoms with Crippen molar-refractivity contribution >= 4 is 33.5 Å². The Morgan fingerprint density at radius 2 is 1.83 bits per heavy atom. The average Bonchev–Trinajstić information content (AvgIpc) is 3.12. The molecule has 0 bridgehead atoms. The van der Waals surface area contributed by atoms with Crippen LogP contribution in [0.1, 0.15) is 27.5 Å². The maximum absolute atomic E-state index is 14.6. The van der Waals surface area contributed by atoms with Gasteiger partial charge in [-0.2, -0.15) is 21.6 Å². The number of halogens is 6. The molecule has 2 N–H and O–H groups in total. The lowest BCUT2D eigenvalue weighted by atomic mass is 10.1. The molecule has 3 unspecified atom stereocenters. The van der Waals surface area contributed by atoms with Crippen molar-refractivity contribution < 1.29 is 48.8 Å². The molecule has 0 saturated heterocycles. The number of benzene rings is 2. The van der Waals surface area contributed by atoms with E-state index in [1.807, 2.05) is 0 Å². The number of carbonyl (C=O) groups is 1. The van der Waals surface area contributed by atoms with E-state index in [0.717, 1.165) is 36.6 Å². The zero-order chi connectivity index (χ0) is 26.1. The van der Waals surface area contributed by atoms with Crippen molar-refractivity contribution in [2.24, 2.45) is 10.7 Å². The van der Waals surface area contributed by atoms with Crippen LogP contribution < -0.4 is 10.5 Å². The van der Waals surface area contributed by atoms with Gasteiger partial charge in [0, 0.05) is 0 Å². The SMILES string of the molecule is CS(=O)(=O)OCC(Oc1ccc(F)c(C(N)=O)c1F)C1=NC(c2ccc(C(F)(F)F)cc2)C(Cl)O1. The summed E-state index contributed by atoms with van der Waals surface area (Å²) in [6.07, 6.45) is -5.42. The second-order valence-corrected chi connectivity index (χ2v) is 9.27. The van der Waals surface area contributed by atoms with Crippen LogP contribution in [-0.2, 0) is 25.2 Å². The van der Waals surface area contributed by atoms with E-state index in [2.05, 4.69) is 9.18 Å². The zero-order valence-corrected chi connectivity index (χ0v) is 19.1. The molecule has 1 amide bonds. The molecule has 3 rings (SSSR count). The van der Waals surface area contributed by atoms with E-state index in [-0.39, 0.29) is 11.5 Å². The van der Waals surface area contributed by atoms with Gasteiger partial charge in [-0.05, 0) is 29.8 Å². The maximum atomic E-state index is 14.6. The Hall–Kier alpha value is -2.97. The van der Waals surface area contributed by atoms with Crippen LogP contribution in [0.2, 0.25) is 0 Å². The number of hydrogen-bond acceptors (Lipinski definition) is 7. The molecule has 0 spiro atoms. The number of carbonyl (C=O) groups excluding carboxylic acids is 1. The van der Waals surface area contributed by atoms with E-state index in [1.54, 1.807) is 0 Å². The minimum absolute atomic E-state index is 0.222. The van der Waals surface area contributed by atoms with E-state index in [9.17, 15) is 35.2 Å². The molecule has 35 heavy (non-hydrogen) atoms. The predicted octanol–water partition coefficient (Wildman–Crippen LogP) is 3.54. The summed E-state index contributed by atoms with van der Waals surface area (Å²) in [5.41, 5.74) is 1.93. The highest BCUT2D eigenvalue weighted by molar-refractivity contribution is 7.85. The molecule has 0 radical (unpaired) electrons. The molecule has 0 aromatic heterocycles. The van der Waals surface area contributed by atoms with Crippen molar-refractivity contribution in [2.75, 3.05) is 12.9 Å². The van der Waals surface area contributed by atoms with Gasteiger partial charge in [-0.1, -0.05) is 23.7 Å². The summed E-state index contributed by atoms with van der Waals surface area (Å²) in [6, 6.07) is 4.34. The third-order valence-corrected chi connectivity index (χ3v) is 5.50. The first kappa shape index (κ1) is 26.6. The summed E-state index contributed by atoms with van der Waals surface area (Å²) in [4.78, 5) is 15.5. The van der Waals surface area contributed by atoms with Crippen LogP contribution in [0, 0.1) is 11.6 Å². The van der Waals surface area contributed by atoms with Gasteiger partial charge in [-0.25, -0.2) is 13.8 Å². The monoisotopic (exact) mass is 542 g/mol. The van der Waals surface area contributed by atoms with Crippen molar-refractivity contribution in [1.82, 2.24) is 0 Å². The summed E-state index contributed by atoms with van der Waals surface area (Å²) in [6.45, 7) is -0.802. The number of alkyl halides is 4. The molecule has 8 nitrogen and oxygen atoms in total. The van der Waals surface area contributed by atoms with E-state index < -0.39 is 75.0 Å². The van der Waals surface area contributed by atoms with Crippen molar-refractivity contribution in [3.8, 4) is 5.75 Å². The van der Waals surface area contributed by atoms with Crippen LogP contribution in [0.4, 0.5) is 22.0 Å². The van der Waals surface area contributed by atoms with Crippen molar-refractivity contribution in [1.29, 1.82) is 0 Å². The second-order valence-electron chi connectivity index (χ2n) is 7.19. The Kier molecular flexibility index (Phi) is 7.57. The normalized spacial score (nSPS) is 19.1. The predicted molar refractivity (Wildman–Crippen MR) is 112 cm³/mol. The fourth-order valence-corrected chi connectivity index (χ4v) is 3.67. The lowest BCUT2D eigenvalue weighted by Gasteiger charge is -2.19. The molecule has 0 fully saturated rings. The van der Waals surface area contributed by atoms with E-state index in [1.165, 1.54) is 0 Å². The third-order valence-electron chi connectivity index (χ3n) is 4.61. The minimum Gasteiger partial charge on any atom is -0.475 e. The fraction of sp³-hybridized carbons (Fsp3) is 0.300. The van der Waals surface area contributed by atoms with Crippen LogP contribution in [0.3, 0.4) is 0 Å². The zero-order valence-electron chi connectivity index (χ0n) is 17.6. The van der Waals surface area contributed by atoms with Gasteiger partial charge in [0.1, 0.15) is 24.0 Å². The summed E-state index contributed by atoms with van der Waals surface area (Å²) < 4.78 is 105. The van der Waals surface area contributed by atoms with Gasteiger partial charge in [-0.15, -0.1) is 0 Å². The second kappa shape index (κ2) is 9.95. The highest BCUT2D eigenvalue weighted by Gasteiger charge is 2.37. The quantitative estimate of drug-likeness (QED) is 0.310. The lowest BCUT2D eigenvalue weighted by Crippen LogP contribution is -2.34. The van der Waals surface area contributed by atoms with Crippen LogP contribution >= 0.6 is 11.6 Å². The molecular weight excluding hydrogens is 527 g/mol. The Morgan fingerprint density at radius 3 is 2.37 bits per heavy atom. The fourth-order valence-electron chi connectivity index (χ4n) is 3.00. The number of hydrogen-bond donors (Lipinski definition) is 1. The highest BCUT2D eigenvalue weighted by Crippen LogP contribution is 2.36. The van der Waals surface area contributed by atoms with E-state index in [4.69, 9.17) is 26.8 Å². The van der Waals surface area contributed by atoms with Gasteiger partial charge < -0.3 is 15.2 Å². The number of nitrogens with zero attached hydrogens (tertiary/aromatic N) is 1. The number of rotatable bonds is 8. The Labute approximate surface area is 200 Å². The first-order valence-electron chi connectivity index (χ1n) is 9.52. The van der Waals surface area contributed by atoms with Gasteiger partial charge in [0.25, 0.3) is 16.0 Å². The molecule has 1 aliphatic heterocycles. The summed E-state index contributed by atoms with van der Waals surface area (Å²) in [7, 11) is -4.04. The Bertz CT molecular complexity index is 1250. The van der Waals surface area contributed by atoms with Gasteiger partial charge >= 0.3 is 6.18 Å². The third kappa shape index (κ3) is 6.38. The van der Waals surface area contributed by atoms with Gasteiger partial charge in [-0.3, -0.25) is 8.98 Å². The Morgan fingerprint density at radius 1 is 1.20 bits per heavy atom. The molecule has 1 heterocycles. The summed E-state index contributed by atoms with van der Waals surface area (Å²) in [5, 5.41) is 0. The van der Waals surface area contributed by atoms with Gasteiger partial charge in [0.15, 0.2) is 23.2 Å². The number of primary amides is 1. The molecule has 2 aromatic carbocycles. The lowest BCUT2D eigenvalue weighted by molar-refractivity contribution is -0.137. The number of amides is 1. The van der Waals surface area contributed by atoms with Crippen molar-refractivity contribution in [3.63, 3.8) is 0 Å². The van der Waals surface area contributed by atoms with Crippen LogP contribution in [-0.4, -0.2) is 44.8 Å². The average molecular weight is 543 g/mol. The first-order chi connectivity index (χ1) is 16.2. The van der Waals surface area contributed by atoms with Crippen LogP contribution in [0.15, 0.2) is 41.4 Å². The van der Waals surface area contributed by atoms with Crippen molar-refractivity contribution in [3.05, 3.63) is 64.7 Å². The number of ether oxygens (including phenoxy) is 2.